The lowest BCUT2D eigenvalue weighted by Gasteiger charge is -2.42. The maximum Gasteiger partial charge on any atom is 0.228 e. The van der Waals surface area contributed by atoms with Gasteiger partial charge in [0.15, 0.2) is 0 Å². The Bertz CT molecular complexity index is 1010. The minimum Gasteiger partial charge on any atom is -0.381 e. The van der Waals surface area contributed by atoms with Gasteiger partial charge in [0.05, 0.1) is 16.5 Å². The number of piperazine rings is 1. The van der Waals surface area contributed by atoms with E-state index in [0.29, 0.717) is 23.9 Å². The molecule has 3 atom stereocenters. The molecule has 0 aliphatic carbocycles. The number of benzene rings is 1. The molecule has 2 bridgehead atoms. The van der Waals surface area contributed by atoms with Crippen molar-refractivity contribution in [2.24, 2.45) is 0 Å². The van der Waals surface area contributed by atoms with Gasteiger partial charge in [0, 0.05) is 62.3 Å². The molecule has 0 saturated carbocycles. The Labute approximate surface area is 192 Å². The summed E-state index contributed by atoms with van der Waals surface area (Å²) in [4.78, 5) is 15.8. The molecule has 1 N–H and O–H groups in total. The lowest BCUT2D eigenvalue weighted by molar-refractivity contribution is 0.0903. The monoisotopic (exact) mass is 453 g/mol. The van der Waals surface area contributed by atoms with Crippen LogP contribution in [0, 0.1) is 6.92 Å². The highest BCUT2D eigenvalue weighted by Gasteiger charge is 2.42. The van der Waals surface area contributed by atoms with Crippen LogP contribution in [0.3, 0.4) is 0 Å². The molecule has 1 aromatic heterocycles. The first kappa shape index (κ1) is 20.4. The molecule has 32 heavy (non-hydrogen) atoms. The van der Waals surface area contributed by atoms with Crippen molar-refractivity contribution in [2.45, 2.75) is 62.0 Å². The predicted molar refractivity (Wildman–Crippen MR) is 127 cm³/mol. The summed E-state index contributed by atoms with van der Waals surface area (Å²) >= 11 is 0. The number of rotatable bonds is 4. The van der Waals surface area contributed by atoms with E-state index in [4.69, 9.17) is 14.7 Å². The zero-order valence-electron chi connectivity index (χ0n) is 18.6. The van der Waals surface area contributed by atoms with Crippen LogP contribution < -0.4 is 15.1 Å². The smallest absolute Gasteiger partial charge is 0.228 e. The fourth-order valence-corrected chi connectivity index (χ4v) is 6.94. The molecule has 5 heterocycles. The van der Waals surface area contributed by atoms with Crippen molar-refractivity contribution in [1.82, 2.24) is 9.97 Å². The van der Waals surface area contributed by atoms with E-state index in [1.807, 2.05) is 0 Å². The van der Waals surface area contributed by atoms with E-state index in [-0.39, 0.29) is 0 Å². The van der Waals surface area contributed by atoms with Crippen molar-refractivity contribution in [3.05, 3.63) is 35.5 Å². The number of hydrogen-bond acceptors (Lipinski definition) is 7. The van der Waals surface area contributed by atoms with E-state index in [0.717, 1.165) is 67.9 Å². The first-order valence-electron chi connectivity index (χ1n) is 11.9. The summed E-state index contributed by atoms with van der Waals surface area (Å²) in [6.45, 7) is 5.66. The highest BCUT2D eigenvalue weighted by molar-refractivity contribution is 7.85. The second kappa shape index (κ2) is 8.30. The van der Waals surface area contributed by atoms with Crippen LogP contribution in [0.25, 0.3) is 0 Å². The molecule has 0 radical (unpaired) electrons. The normalized spacial score (nSPS) is 27.6. The van der Waals surface area contributed by atoms with Crippen LogP contribution in [0.5, 0.6) is 0 Å². The highest BCUT2D eigenvalue weighted by Crippen LogP contribution is 2.38. The standard InChI is InChI=1S/C24H31N5O2S/c1-16-2-4-18(5-3-16)28-14-19-6-7-20(15-28)29(19)24-26-21-10-13-32(30)22(21)23(27-24)25-17-8-11-31-12-9-17/h2-5,17,19-20H,6-15H2,1H3,(H,25,26,27). The summed E-state index contributed by atoms with van der Waals surface area (Å²) in [5.74, 6) is 2.28. The Balaban J connectivity index is 1.29. The second-order valence-corrected chi connectivity index (χ2v) is 11.0. The van der Waals surface area contributed by atoms with Gasteiger partial charge in [-0.1, -0.05) is 17.7 Å². The minimum absolute atomic E-state index is 0.323. The van der Waals surface area contributed by atoms with Crippen LogP contribution in [-0.2, 0) is 22.0 Å². The molecule has 3 saturated heterocycles. The SMILES string of the molecule is Cc1ccc(N2CC3CCC(C2)N3c2nc3c(c(NC4CCOCC4)n2)S(=O)CC3)cc1. The molecule has 2 aromatic rings. The summed E-state index contributed by atoms with van der Waals surface area (Å²) in [5, 5.41) is 3.62. The molecule has 0 spiro atoms. The van der Waals surface area contributed by atoms with Crippen LogP contribution in [0.1, 0.15) is 36.9 Å². The van der Waals surface area contributed by atoms with Crippen molar-refractivity contribution in [1.29, 1.82) is 0 Å². The summed E-state index contributed by atoms with van der Waals surface area (Å²) < 4.78 is 18.2. The zero-order chi connectivity index (χ0) is 21.7. The van der Waals surface area contributed by atoms with Gasteiger partial charge in [0.25, 0.3) is 0 Å². The lowest BCUT2D eigenvalue weighted by Crippen LogP contribution is -2.54. The van der Waals surface area contributed by atoms with Gasteiger partial charge in [-0.25, -0.2) is 4.98 Å². The van der Waals surface area contributed by atoms with Crippen molar-refractivity contribution < 1.29 is 8.95 Å². The predicted octanol–water partition coefficient (Wildman–Crippen LogP) is 2.90. The second-order valence-electron chi connectivity index (χ2n) is 9.51. The van der Waals surface area contributed by atoms with E-state index in [1.165, 1.54) is 24.1 Å². The first-order valence-corrected chi connectivity index (χ1v) is 13.2. The van der Waals surface area contributed by atoms with Crippen LogP contribution in [-0.4, -0.2) is 64.4 Å². The van der Waals surface area contributed by atoms with Gasteiger partial charge in [-0.05, 0) is 44.7 Å². The van der Waals surface area contributed by atoms with Crippen LogP contribution >= 0.6 is 0 Å². The number of aryl methyl sites for hydroxylation is 2. The van der Waals surface area contributed by atoms with Gasteiger partial charge in [-0.3, -0.25) is 4.21 Å². The fraction of sp³-hybridized carbons (Fsp3) is 0.583. The molecule has 8 heteroatoms. The molecule has 4 aliphatic heterocycles. The number of nitrogens with one attached hydrogen (secondary N) is 1. The molecule has 3 fully saturated rings. The number of nitrogens with zero attached hydrogens (tertiary/aromatic N) is 4. The summed E-state index contributed by atoms with van der Waals surface area (Å²) in [7, 11) is -1.01. The zero-order valence-corrected chi connectivity index (χ0v) is 19.4. The van der Waals surface area contributed by atoms with Gasteiger partial charge in [-0.15, -0.1) is 0 Å². The number of aromatic nitrogens is 2. The highest BCUT2D eigenvalue weighted by atomic mass is 32.2. The number of fused-ring (bicyclic) bond motifs is 3. The van der Waals surface area contributed by atoms with Gasteiger partial charge in [0.1, 0.15) is 10.7 Å². The molecule has 3 unspecified atom stereocenters. The van der Waals surface area contributed by atoms with Gasteiger partial charge >= 0.3 is 0 Å². The maximum atomic E-state index is 12.7. The van der Waals surface area contributed by atoms with E-state index in [9.17, 15) is 4.21 Å². The van der Waals surface area contributed by atoms with Crippen LogP contribution in [0.15, 0.2) is 29.2 Å². The molecule has 6 rings (SSSR count). The fourth-order valence-electron chi connectivity index (χ4n) is 5.63. The topological polar surface area (TPSA) is 70.6 Å². The Morgan fingerprint density at radius 3 is 2.47 bits per heavy atom. The summed E-state index contributed by atoms with van der Waals surface area (Å²) in [6.07, 6.45) is 5.03. The van der Waals surface area contributed by atoms with E-state index < -0.39 is 10.8 Å². The van der Waals surface area contributed by atoms with E-state index in [1.54, 1.807) is 0 Å². The van der Waals surface area contributed by atoms with Crippen molar-refractivity contribution in [3.8, 4) is 0 Å². The third kappa shape index (κ3) is 3.67. The van der Waals surface area contributed by atoms with Crippen LogP contribution in [0.4, 0.5) is 17.5 Å². The molecular formula is C24H31N5O2S. The van der Waals surface area contributed by atoms with Gasteiger partial charge < -0.3 is 19.9 Å². The molecule has 170 valence electrons. The summed E-state index contributed by atoms with van der Waals surface area (Å²) in [5.41, 5.74) is 3.58. The van der Waals surface area contributed by atoms with Crippen molar-refractivity contribution in [3.63, 3.8) is 0 Å². The van der Waals surface area contributed by atoms with Crippen LogP contribution in [0.2, 0.25) is 0 Å². The number of ether oxygens (including phenoxy) is 1. The van der Waals surface area contributed by atoms with Gasteiger partial charge in [-0.2, -0.15) is 4.98 Å². The maximum absolute atomic E-state index is 12.7. The Morgan fingerprint density at radius 1 is 1.03 bits per heavy atom. The van der Waals surface area contributed by atoms with E-state index in [2.05, 4.69) is 46.3 Å². The van der Waals surface area contributed by atoms with Crippen molar-refractivity contribution >= 4 is 28.3 Å². The Kier molecular flexibility index (Phi) is 5.30. The average Bonchev–Trinajstić information content (AvgIpc) is 3.31. The molecular weight excluding hydrogens is 422 g/mol. The number of hydrogen-bond donors (Lipinski definition) is 1. The molecule has 4 aliphatic rings. The van der Waals surface area contributed by atoms with E-state index >= 15 is 0 Å². The summed E-state index contributed by atoms with van der Waals surface area (Å²) in [6, 6.07) is 10.0. The third-order valence-electron chi connectivity index (χ3n) is 7.35. The van der Waals surface area contributed by atoms with Crippen molar-refractivity contribution in [2.75, 3.05) is 47.2 Å². The molecule has 0 amide bonds. The quantitative estimate of drug-likeness (QED) is 0.763. The average molecular weight is 454 g/mol. The molecule has 7 nitrogen and oxygen atoms in total. The first-order chi connectivity index (χ1) is 15.7. The Morgan fingerprint density at radius 2 is 1.75 bits per heavy atom. The largest absolute Gasteiger partial charge is 0.381 e. The third-order valence-corrected chi connectivity index (χ3v) is 8.81. The molecule has 1 aromatic carbocycles. The lowest BCUT2D eigenvalue weighted by atomic mass is 10.1. The number of anilines is 3. The minimum atomic E-state index is -1.01. The van der Waals surface area contributed by atoms with Gasteiger partial charge in [0.2, 0.25) is 5.95 Å². The Hall–Kier alpha value is -2.19.